The van der Waals surface area contributed by atoms with Crippen LogP contribution in [0, 0.1) is 0 Å². The first kappa shape index (κ1) is 15.8. The van der Waals surface area contributed by atoms with Crippen molar-refractivity contribution in [3.8, 4) is 0 Å². The lowest BCUT2D eigenvalue weighted by Crippen LogP contribution is -2.50. The molecule has 0 unspecified atom stereocenters. The molecule has 2 aliphatic heterocycles. The van der Waals surface area contributed by atoms with Crippen molar-refractivity contribution in [2.24, 2.45) is 0 Å². The van der Waals surface area contributed by atoms with Crippen LogP contribution in [-0.2, 0) is 4.79 Å². The van der Waals surface area contributed by atoms with E-state index in [1.54, 1.807) is 21.9 Å². The maximum atomic E-state index is 12.7. The summed E-state index contributed by atoms with van der Waals surface area (Å²) < 4.78 is 0. The van der Waals surface area contributed by atoms with E-state index in [2.05, 4.69) is 0 Å². The fourth-order valence-electron chi connectivity index (χ4n) is 3.46. The summed E-state index contributed by atoms with van der Waals surface area (Å²) in [7, 11) is 0. The molecule has 4 amide bonds. The van der Waals surface area contributed by atoms with Gasteiger partial charge in [-0.3, -0.25) is 24.1 Å². The Morgan fingerprint density at radius 1 is 0.920 bits per heavy atom. The van der Waals surface area contributed by atoms with Crippen LogP contribution in [0.2, 0.25) is 0 Å². The number of rotatable bonds is 2. The minimum Gasteiger partial charge on any atom is -0.339 e. The Morgan fingerprint density at radius 2 is 1.52 bits per heavy atom. The monoisotopic (exact) mass is 341 g/mol. The highest BCUT2D eigenvalue weighted by Crippen LogP contribution is 2.35. The van der Waals surface area contributed by atoms with Gasteiger partial charge < -0.3 is 9.80 Å². The molecule has 2 heterocycles. The number of fused-ring (bicyclic) bond motifs is 1. The van der Waals surface area contributed by atoms with Gasteiger partial charge in [-0.2, -0.15) is 0 Å². The number of amides is 4. The molecule has 0 aromatic heterocycles. The van der Waals surface area contributed by atoms with Crippen molar-refractivity contribution in [1.82, 2.24) is 14.7 Å². The first-order valence-corrected chi connectivity index (χ1v) is 8.54. The summed E-state index contributed by atoms with van der Waals surface area (Å²) in [6.45, 7) is 3.48. The lowest BCUT2D eigenvalue weighted by atomic mass is 10.0. The van der Waals surface area contributed by atoms with E-state index in [-0.39, 0.29) is 29.7 Å². The molecule has 25 heavy (non-hydrogen) atoms. The molecule has 130 valence electrons. The zero-order valence-corrected chi connectivity index (χ0v) is 14.0. The largest absolute Gasteiger partial charge is 0.339 e. The van der Waals surface area contributed by atoms with E-state index in [0.717, 1.165) is 12.8 Å². The zero-order chi connectivity index (χ0) is 17.7. The summed E-state index contributed by atoms with van der Waals surface area (Å²) >= 11 is 0. The van der Waals surface area contributed by atoms with Gasteiger partial charge in [0.25, 0.3) is 17.7 Å². The van der Waals surface area contributed by atoms with Crippen LogP contribution >= 0.6 is 0 Å². The molecule has 1 aromatic rings. The fourth-order valence-corrected chi connectivity index (χ4v) is 3.46. The molecule has 4 rings (SSSR count). The van der Waals surface area contributed by atoms with Crippen LogP contribution in [0.5, 0.6) is 0 Å². The molecule has 0 bridgehead atoms. The van der Waals surface area contributed by atoms with Crippen LogP contribution in [0.4, 0.5) is 0 Å². The number of piperazine rings is 1. The van der Waals surface area contributed by atoms with Crippen molar-refractivity contribution >= 4 is 23.6 Å². The normalized spacial score (nSPS) is 20.1. The highest BCUT2D eigenvalue weighted by Gasteiger charge is 2.44. The zero-order valence-electron chi connectivity index (χ0n) is 14.0. The molecule has 1 saturated heterocycles. The number of hydrogen-bond donors (Lipinski definition) is 0. The first-order valence-electron chi connectivity index (χ1n) is 8.54. The van der Waals surface area contributed by atoms with Crippen molar-refractivity contribution in [1.29, 1.82) is 0 Å². The van der Waals surface area contributed by atoms with Crippen LogP contribution in [0.1, 0.15) is 50.8 Å². The Hall–Kier alpha value is -2.70. The SMILES string of the molecule is CC(=O)N1CCN(C(=O)c2ccc3c(c2)C(=O)N(C2CC2)C3=O)CC1. The number of hydrogen-bond acceptors (Lipinski definition) is 4. The Balaban J connectivity index is 1.53. The van der Waals surface area contributed by atoms with E-state index in [1.165, 1.54) is 17.9 Å². The average molecular weight is 341 g/mol. The van der Waals surface area contributed by atoms with Gasteiger partial charge in [-0.1, -0.05) is 0 Å². The number of benzene rings is 1. The molecule has 0 N–H and O–H groups in total. The number of carbonyl (C=O) groups is 4. The lowest BCUT2D eigenvalue weighted by Gasteiger charge is -2.34. The molecule has 3 aliphatic rings. The van der Waals surface area contributed by atoms with Gasteiger partial charge in [0.2, 0.25) is 5.91 Å². The predicted octanol–water partition coefficient (Wildman–Crippen LogP) is 0.749. The Morgan fingerprint density at radius 3 is 2.12 bits per heavy atom. The van der Waals surface area contributed by atoms with Crippen LogP contribution in [-0.4, -0.2) is 70.5 Å². The highest BCUT2D eigenvalue weighted by molar-refractivity contribution is 6.22. The molecule has 7 heteroatoms. The van der Waals surface area contributed by atoms with E-state index in [1.807, 2.05) is 0 Å². The molecule has 0 radical (unpaired) electrons. The third-order valence-electron chi connectivity index (χ3n) is 5.09. The van der Waals surface area contributed by atoms with Crippen molar-refractivity contribution in [2.45, 2.75) is 25.8 Å². The molecular weight excluding hydrogens is 322 g/mol. The molecule has 1 aromatic carbocycles. The molecular formula is C18H19N3O4. The third-order valence-corrected chi connectivity index (χ3v) is 5.09. The third kappa shape index (κ3) is 2.59. The van der Waals surface area contributed by atoms with Crippen LogP contribution in [0.25, 0.3) is 0 Å². The molecule has 0 atom stereocenters. The Labute approximate surface area is 145 Å². The second kappa shape index (κ2) is 5.68. The van der Waals surface area contributed by atoms with Crippen molar-refractivity contribution in [3.63, 3.8) is 0 Å². The molecule has 0 spiro atoms. The van der Waals surface area contributed by atoms with Gasteiger partial charge in [-0.25, -0.2) is 0 Å². The molecule has 7 nitrogen and oxygen atoms in total. The second-order valence-corrected chi connectivity index (χ2v) is 6.77. The molecule has 1 saturated carbocycles. The minimum absolute atomic E-state index is 0.00825. The van der Waals surface area contributed by atoms with Crippen molar-refractivity contribution in [3.05, 3.63) is 34.9 Å². The topological polar surface area (TPSA) is 78.0 Å². The highest BCUT2D eigenvalue weighted by atomic mass is 16.2. The average Bonchev–Trinajstić information content (AvgIpc) is 3.42. The molecule has 2 fully saturated rings. The minimum atomic E-state index is -0.293. The van der Waals surface area contributed by atoms with Gasteiger partial charge in [0.15, 0.2) is 0 Å². The van der Waals surface area contributed by atoms with E-state index in [9.17, 15) is 19.2 Å². The fraction of sp³-hybridized carbons (Fsp3) is 0.444. The van der Waals surface area contributed by atoms with E-state index < -0.39 is 0 Å². The summed E-state index contributed by atoms with van der Waals surface area (Å²) in [6, 6.07) is 4.75. The first-order chi connectivity index (χ1) is 12.0. The number of nitrogens with zero attached hydrogens (tertiary/aromatic N) is 3. The summed E-state index contributed by atoms with van der Waals surface area (Å²) in [4.78, 5) is 53.6. The number of imide groups is 1. The molecule has 1 aliphatic carbocycles. The standard InChI is InChI=1S/C18H19N3O4/c1-11(22)19-6-8-20(9-7-19)16(23)12-2-5-14-15(10-12)18(25)21(17(14)24)13-3-4-13/h2,5,10,13H,3-4,6-9H2,1H3. The van der Waals surface area contributed by atoms with Gasteiger partial charge in [-0.05, 0) is 31.0 Å². The van der Waals surface area contributed by atoms with E-state index >= 15 is 0 Å². The smallest absolute Gasteiger partial charge is 0.261 e. The quantitative estimate of drug-likeness (QED) is 0.744. The Bertz CT molecular complexity index is 792. The summed E-state index contributed by atoms with van der Waals surface area (Å²) in [5.41, 5.74) is 1.12. The van der Waals surface area contributed by atoms with Gasteiger partial charge in [0, 0.05) is 44.7 Å². The predicted molar refractivity (Wildman–Crippen MR) is 88.1 cm³/mol. The summed E-state index contributed by atoms with van der Waals surface area (Å²) in [5.74, 6) is -0.708. The van der Waals surface area contributed by atoms with Crippen molar-refractivity contribution in [2.75, 3.05) is 26.2 Å². The maximum absolute atomic E-state index is 12.7. The summed E-state index contributed by atoms with van der Waals surface area (Å²) in [6.07, 6.45) is 1.72. The Kier molecular flexibility index (Phi) is 3.59. The van der Waals surface area contributed by atoms with Crippen molar-refractivity contribution < 1.29 is 19.2 Å². The second-order valence-electron chi connectivity index (χ2n) is 6.77. The number of carbonyl (C=O) groups excluding carboxylic acids is 4. The van der Waals surface area contributed by atoms with Crippen LogP contribution < -0.4 is 0 Å². The van der Waals surface area contributed by atoms with Gasteiger partial charge in [-0.15, -0.1) is 0 Å². The summed E-state index contributed by atoms with van der Waals surface area (Å²) in [5, 5.41) is 0. The van der Waals surface area contributed by atoms with Crippen LogP contribution in [0.15, 0.2) is 18.2 Å². The van der Waals surface area contributed by atoms with Gasteiger partial charge in [0.1, 0.15) is 0 Å². The van der Waals surface area contributed by atoms with E-state index in [4.69, 9.17) is 0 Å². The maximum Gasteiger partial charge on any atom is 0.261 e. The van der Waals surface area contributed by atoms with Crippen LogP contribution in [0.3, 0.4) is 0 Å². The van der Waals surface area contributed by atoms with Gasteiger partial charge in [0.05, 0.1) is 11.1 Å². The lowest BCUT2D eigenvalue weighted by molar-refractivity contribution is -0.130. The van der Waals surface area contributed by atoms with Gasteiger partial charge >= 0.3 is 0 Å². The van der Waals surface area contributed by atoms with E-state index in [0.29, 0.717) is 42.9 Å².